The number of hydrogen-bond acceptors (Lipinski definition) is 2. The standard InChI is InChI=1S/C24H22ClFN2O/c25-23-16-22(26)11-10-21(23)17-27-12-14-28(15-13-27)24(29)20-8-6-19(7-9-20)18-4-2-1-3-5-18/h1-11,16H,12-15,17H2. The Kier molecular flexibility index (Phi) is 5.93. The van der Waals surface area contributed by atoms with Gasteiger partial charge in [0.05, 0.1) is 0 Å². The summed E-state index contributed by atoms with van der Waals surface area (Å²) in [6.07, 6.45) is 0. The maximum Gasteiger partial charge on any atom is 0.253 e. The minimum Gasteiger partial charge on any atom is -0.336 e. The van der Waals surface area contributed by atoms with Crippen LogP contribution in [0.5, 0.6) is 0 Å². The quantitative estimate of drug-likeness (QED) is 0.599. The molecule has 1 heterocycles. The van der Waals surface area contributed by atoms with Crippen molar-refractivity contribution < 1.29 is 9.18 Å². The van der Waals surface area contributed by atoms with Crippen molar-refractivity contribution in [3.8, 4) is 11.1 Å². The van der Waals surface area contributed by atoms with Crippen LogP contribution in [0, 0.1) is 5.82 Å². The van der Waals surface area contributed by atoms with Gasteiger partial charge in [-0.15, -0.1) is 0 Å². The molecule has 148 valence electrons. The molecule has 0 N–H and O–H groups in total. The van der Waals surface area contributed by atoms with E-state index in [1.165, 1.54) is 12.1 Å². The van der Waals surface area contributed by atoms with Crippen LogP contribution in [0.1, 0.15) is 15.9 Å². The van der Waals surface area contributed by atoms with Crippen LogP contribution in [0.15, 0.2) is 72.8 Å². The van der Waals surface area contributed by atoms with Gasteiger partial charge in [-0.2, -0.15) is 0 Å². The summed E-state index contributed by atoms with van der Waals surface area (Å²) in [7, 11) is 0. The van der Waals surface area contributed by atoms with Crippen molar-refractivity contribution in [2.24, 2.45) is 0 Å². The van der Waals surface area contributed by atoms with Crippen molar-refractivity contribution in [1.82, 2.24) is 9.80 Å². The zero-order valence-corrected chi connectivity index (χ0v) is 16.8. The van der Waals surface area contributed by atoms with Gasteiger partial charge in [-0.1, -0.05) is 60.1 Å². The van der Waals surface area contributed by atoms with E-state index in [-0.39, 0.29) is 11.7 Å². The number of amides is 1. The number of nitrogens with zero attached hydrogens (tertiary/aromatic N) is 2. The van der Waals surface area contributed by atoms with Gasteiger partial charge in [-0.3, -0.25) is 9.69 Å². The molecule has 3 nitrogen and oxygen atoms in total. The highest BCUT2D eigenvalue weighted by atomic mass is 35.5. The van der Waals surface area contributed by atoms with Gasteiger partial charge < -0.3 is 4.90 Å². The van der Waals surface area contributed by atoms with E-state index in [0.717, 1.165) is 29.8 Å². The van der Waals surface area contributed by atoms with Crippen molar-refractivity contribution in [3.05, 3.63) is 94.8 Å². The molecule has 0 aliphatic carbocycles. The molecule has 3 aromatic carbocycles. The van der Waals surface area contributed by atoms with Crippen molar-refractivity contribution in [3.63, 3.8) is 0 Å². The molecule has 0 aromatic heterocycles. The van der Waals surface area contributed by atoms with Gasteiger partial charge in [0, 0.05) is 43.3 Å². The number of halogens is 2. The zero-order chi connectivity index (χ0) is 20.2. The van der Waals surface area contributed by atoms with E-state index < -0.39 is 0 Å². The van der Waals surface area contributed by atoms with Crippen LogP contribution in [0.4, 0.5) is 4.39 Å². The number of piperazine rings is 1. The molecule has 1 amide bonds. The Bertz CT molecular complexity index is 984. The molecule has 1 aliphatic heterocycles. The molecule has 1 aliphatic rings. The van der Waals surface area contributed by atoms with Gasteiger partial charge in [0.15, 0.2) is 0 Å². The SMILES string of the molecule is O=C(c1ccc(-c2ccccc2)cc1)N1CCN(Cc2ccc(F)cc2Cl)CC1. The maximum atomic E-state index is 13.2. The van der Waals surface area contributed by atoms with Gasteiger partial charge in [-0.05, 0) is 41.0 Å². The third kappa shape index (κ3) is 4.66. The molecular formula is C24H22ClFN2O. The Morgan fingerprint density at radius 3 is 2.17 bits per heavy atom. The van der Waals surface area contributed by atoms with Crippen LogP contribution < -0.4 is 0 Å². The maximum absolute atomic E-state index is 13.2. The van der Waals surface area contributed by atoms with Crippen LogP contribution in [0.3, 0.4) is 0 Å². The van der Waals surface area contributed by atoms with Crippen molar-refractivity contribution in [1.29, 1.82) is 0 Å². The monoisotopic (exact) mass is 408 g/mol. The van der Waals surface area contributed by atoms with Crippen LogP contribution >= 0.6 is 11.6 Å². The molecule has 0 unspecified atom stereocenters. The lowest BCUT2D eigenvalue weighted by atomic mass is 10.0. The van der Waals surface area contributed by atoms with Crippen LogP contribution in [-0.4, -0.2) is 41.9 Å². The van der Waals surface area contributed by atoms with Gasteiger partial charge in [0.25, 0.3) is 5.91 Å². The molecule has 0 spiro atoms. The summed E-state index contributed by atoms with van der Waals surface area (Å²) >= 11 is 6.13. The van der Waals surface area contributed by atoms with E-state index in [1.807, 2.05) is 47.4 Å². The average molecular weight is 409 g/mol. The fourth-order valence-electron chi connectivity index (χ4n) is 3.62. The predicted molar refractivity (Wildman–Crippen MR) is 114 cm³/mol. The van der Waals surface area contributed by atoms with Gasteiger partial charge in [-0.25, -0.2) is 4.39 Å². The number of carbonyl (C=O) groups excluding carboxylic acids is 1. The smallest absolute Gasteiger partial charge is 0.253 e. The summed E-state index contributed by atoms with van der Waals surface area (Å²) in [4.78, 5) is 17.0. The number of benzene rings is 3. The molecule has 0 atom stereocenters. The first kappa shape index (κ1) is 19.6. The molecule has 1 fully saturated rings. The molecule has 5 heteroatoms. The van der Waals surface area contributed by atoms with E-state index in [0.29, 0.717) is 30.2 Å². The Morgan fingerprint density at radius 1 is 0.862 bits per heavy atom. The van der Waals surface area contributed by atoms with E-state index in [1.54, 1.807) is 6.07 Å². The highest BCUT2D eigenvalue weighted by Gasteiger charge is 2.22. The summed E-state index contributed by atoms with van der Waals surface area (Å²) in [6.45, 7) is 3.52. The Hall–Kier alpha value is -2.69. The molecule has 0 bridgehead atoms. The third-order valence-corrected chi connectivity index (χ3v) is 5.66. The molecule has 0 radical (unpaired) electrons. The fraction of sp³-hybridized carbons (Fsp3) is 0.208. The molecule has 3 aromatic rings. The number of carbonyl (C=O) groups is 1. The topological polar surface area (TPSA) is 23.6 Å². The van der Waals surface area contributed by atoms with E-state index in [2.05, 4.69) is 17.0 Å². The summed E-state index contributed by atoms with van der Waals surface area (Å²) < 4.78 is 13.2. The van der Waals surface area contributed by atoms with Crippen molar-refractivity contribution in [2.45, 2.75) is 6.54 Å². The average Bonchev–Trinajstić information content (AvgIpc) is 2.76. The third-order valence-electron chi connectivity index (χ3n) is 5.31. The molecule has 1 saturated heterocycles. The molecule has 29 heavy (non-hydrogen) atoms. The number of hydrogen-bond donors (Lipinski definition) is 0. The second-order valence-electron chi connectivity index (χ2n) is 7.25. The summed E-state index contributed by atoms with van der Waals surface area (Å²) in [5, 5.41) is 0.446. The second kappa shape index (κ2) is 8.76. The summed E-state index contributed by atoms with van der Waals surface area (Å²) in [6, 6.07) is 22.4. The van der Waals surface area contributed by atoms with Gasteiger partial charge >= 0.3 is 0 Å². The first-order valence-electron chi connectivity index (χ1n) is 9.71. The van der Waals surface area contributed by atoms with Gasteiger partial charge in [0.1, 0.15) is 5.82 Å². The van der Waals surface area contributed by atoms with Gasteiger partial charge in [0.2, 0.25) is 0 Å². The fourth-order valence-corrected chi connectivity index (χ4v) is 3.85. The number of rotatable bonds is 4. The Balaban J connectivity index is 1.35. The Morgan fingerprint density at radius 2 is 1.52 bits per heavy atom. The van der Waals surface area contributed by atoms with Crippen LogP contribution in [-0.2, 0) is 6.54 Å². The zero-order valence-electron chi connectivity index (χ0n) is 16.0. The predicted octanol–water partition coefficient (Wildman–Crippen LogP) is 5.10. The first-order valence-corrected chi connectivity index (χ1v) is 10.1. The minimum atomic E-state index is -0.326. The largest absolute Gasteiger partial charge is 0.336 e. The first-order chi connectivity index (χ1) is 14.1. The molecular weight excluding hydrogens is 387 g/mol. The molecule has 4 rings (SSSR count). The van der Waals surface area contributed by atoms with E-state index in [9.17, 15) is 9.18 Å². The lowest BCUT2D eigenvalue weighted by Crippen LogP contribution is -2.48. The van der Waals surface area contributed by atoms with Crippen LogP contribution in [0.2, 0.25) is 5.02 Å². The van der Waals surface area contributed by atoms with Crippen molar-refractivity contribution >= 4 is 17.5 Å². The lowest BCUT2D eigenvalue weighted by Gasteiger charge is -2.35. The molecule has 0 saturated carbocycles. The van der Waals surface area contributed by atoms with Crippen LogP contribution in [0.25, 0.3) is 11.1 Å². The summed E-state index contributed by atoms with van der Waals surface area (Å²) in [5.74, 6) is -0.267. The highest BCUT2D eigenvalue weighted by Crippen LogP contribution is 2.22. The second-order valence-corrected chi connectivity index (χ2v) is 7.65. The normalized spacial score (nSPS) is 14.8. The summed E-state index contributed by atoms with van der Waals surface area (Å²) in [5.41, 5.74) is 3.85. The lowest BCUT2D eigenvalue weighted by molar-refractivity contribution is 0.0628. The highest BCUT2D eigenvalue weighted by molar-refractivity contribution is 6.31. The minimum absolute atomic E-state index is 0.0593. The Labute approximate surface area is 175 Å². The van der Waals surface area contributed by atoms with E-state index >= 15 is 0 Å². The van der Waals surface area contributed by atoms with Crippen molar-refractivity contribution in [2.75, 3.05) is 26.2 Å². The van der Waals surface area contributed by atoms with E-state index in [4.69, 9.17) is 11.6 Å².